The molecule has 7 heteroatoms. The summed E-state index contributed by atoms with van der Waals surface area (Å²) in [6.45, 7) is 11.0. The lowest BCUT2D eigenvalue weighted by Gasteiger charge is -2.19. The van der Waals surface area contributed by atoms with Crippen LogP contribution < -0.4 is 17.0 Å². The summed E-state index contributed by atoms with van der Waals surface area (Å²) in [6.07, 6.45) is 1.59. The van der Waals surface area contributed by atoms with E-state index >= 15 is 0 Å². The Morgan fingerprint density at radius 3 is 2.41 bits per heavy atom. The second kappa shape index (κ2) is 5.72. The number of nitrogens with two attached hydrogens (primary N) is 1. The van der Waals surface area contributed by atoms with Gasteiger partial charge in [-0.2, -0.15) is 0 Å². The van der Waals surface area contributed by atoms with E-state index in [1.54, 1.807) is 22.4 Å². The molecule has 0 aliphatic heterocycles. The average molecular weight is 307 g/mol. The van der Waals surface area contributed by atoms with Gasteiger partial charge in [-0.25, -0.2) is 9.78 Å². The fourth-order valence-corrected chi connectivity index (χ4v) is 2.61. The Balaban J connectivity index is 2.81. The van der Waals surface area contributed by atoms with Crippen molar-refractivity contribution in [1.82, 2.24) is 18.7 Å². The molecule has 0 bridgehead atoms. The normalized spacial score (nSPS) is 12.5. The zero-order valence-corrected chi connectivity index (χ0v) is 14.0. The van der Waals surface area contributed by atoms with Crippen LogP contribution in [0.4, 0.5) is 0 Å². The molecule has 0 aliphatic rings. The molecule has 2 N–H and O–H groups in total. The first-order valence-corrected chi connectivity index (χ1v) is 7.63. The number of nitrogens with zero attached hydrogens (tertiary/aromatic N) is 4. The van der Waals surface area contributed by atoms with Crippen LogP contribution in [0, 0.1) is 5.92 Å². The summed E-state index contributed by atoms with van der Waals surface area (Å²) in [5, 5.41) is 0. The van der Waals surface area contributed by atoms with Gasteiger partial charge in [0.1, 0.15) is 0 Å². The minimum atomic E-state index is -0.476. The van der Waals surface area contributed by atoms with Gasteiger partial charge < -0.3 is 10.3 Å². The average Bonchev–Trinajstić information content (AvgIpc) is 2.76. The highest BCUT2D eigenvalue weighted by Crippen LogP contribution is 2.12. The molecular formula is C15H25N5O2. The minimum absolute atomic E-state index is 0.278. The van der Waals surface area contributed by atoms with Gasteiger partial charge in [0.15, 0.2) is 11.2 Å². The quantitative estimate of drug-likeness (QED) is 0.884. The van der Waals surface area contributed by atoms with Crippen molar-refractivity contribution < 1.29 is 0 Å². The topological polar surface area (TPSA) is 87.8 Å². The molecule has 7 nitrogen and oxygen atoms in total. The molecule has 0 aromatic carbocycles. The van der Waals surface area contributed by atoms with Crippen molar-refractivity contribution in [2.75, 3.05) is 0 Å². The van der Waals surface area contributed by atoms with E-state index in [4.69, 9.17) is 5.73 Å². The fourth-order valence-electron chi connectivity index (χ4n) is 2.61. The van der Waals surface area contributed by atoms with Gasteiger partial charge in [0.25, 0.3) is 5.56 Å². The highest BCUT2D eigenvalue weighted by molar-refractivity contribution is 5.70. The molecule has 0 spiro atoms. The molecule has 0 amide bonds. The van der Waals surface area contributed by atoms with Gasteiger partial charge in [0.2, 0.25) is 0 Å². The Labute approximate surface area is 129 Å². The largest absolute Gasteiger partial charge is 0.332 e. The molecule has 0 radical (unpaired) electrons. The molecule has 0 atom stereocenters. The SMILES string of the molecule is CCn1c(=O)c2c(ncn2CC(C)(C)N)n(CC(C)C)c1=O. The molecule has 122 valence electrons. The monoisotopic (exact) mass is 307 g/mol. The van der Waals surface area contributed by atoms with Crippen LogP contribution >= 0.6 is 0 Å². The smallest absolute Gasteiger partial charge is 0.324 e. The van der Waals surface area contributed by atoms with Crippen molar-refractivity contribution in [1.29, 1.82) is 0 Å². The first kappa shape index (κ1) is 16.5. The Morgan fingerprint density at radius 2 is 1.91 bits per heavy atom. The van der Waals surface area contributed by atoms with Crippen LogP contribution in [-0.2, 0) is 19.6 Å². The van der Waals surface area contributed by atoms with Crippen molar-refractivity contribution in [3.63, 3.8) is 0 Å². The summed E-state index contributed by atoms with van der Waals surface area (Å²) in [5.74, 6) is 0.278. The number of rotatable bonds is 5. The lowest BCUT2D eigenvalue weighted by atomic mass is 10.1. The van der Waals surface area contributed by atoms with Gasteiger partial charge in [0, 0.05) is 25.2 Å². The van der Waals surface area contributed by atoms with Crippen LogP contribution in [0.25, 0.3) is 11.2 Å². The second-order valence-electron chi connectivity index (χ2n) is 6.87. The lowest BCUT2D eigenvalue weighted by Crippen LogP contribution is -2.42. The van der Waals surface area contributed by atoms with Crippen molar-refractivity contribution in [2.24, 2.45) is 11.7 Å². The van der Waals surface area contributed by atoms with Gasteiger partial charge in [0.05, 0.1) is 6.33 Å². The van der Waals surface area contributed by atoms with Gasteiger partial charge in [-0.05, 0) is 26.7 Å². The summed E-state index contributed by atoms with van der Waals surface area (Å²) in [6, 6.07) is 0. The molecule has 0 aliphatic carbocycles. The molecule has 2 rings (SSSR count). The third-order valence-corrected chi connectivity index (χ3v) is 3.43. The Kier molecular flexibility index (Phi) is 4.28. The standard InChI is InChI=1S/C15H25N5O2/c1-6-19-13(21)11-12(20(14(19)22)7-10(2)3)17-9-18(11)8-15(4,5)16/h9-10H,6-8,16H2,1-5H3. The molecule has 0 unspecified atom stereocenters. The van der Waals surface area contributed by atoms with E-state index in [1.807, 2.05) is 27.7 Å². The molecule has 2 aromatic rings. The molecule has 2 aromatic heterocycles. The molecular weight excluding hydrogens is 282 g/mol. The van der Waals surface area contributed by atoms with Crippen LogP contribution in [0.15, 0.2) is 15.9 Å². The van der Waals surface area contributed by atoms with E-state index in [-0.39, 0.29) is 17.2 Å². The number of aromatic nitrogens is 4. The van der Waals surface area contributed by atoms with Crippen LogP contribution in [0.1, 0.15) is 34.6 Å². The van der Waals surface area contributed by atoms with Gasteiger partial charge >= 0.3 is 5.69 Å². The third-order valence-electron chi connectivity index (χ3n) is 3.43. The second-order valence-corrected chi connectivity index (χ2v) is 6.87. The highest BCUT2D eigenvalue weighted by atomic mass is 16.2. The first-order chi connectivity index (χ1) is 10.2. The predicted molar refractivity (Wildman–Crippen MR) is 87.0 cm³/mol. The summed E-state index contributed by atoms with van der Waals surface area (Å²) >= 11 is 0. The van der Waals surface area contributed by atoms with Gasteiger partial charge in [-0.3, -0.25) is 13.9 Å². The maximum Gasteiger partial charge on any atom is 0.332 e. The van der Waals surface area contributed by atoms with E-state index in [0.717, 1.165) is 0 Å². The maximum atomic E-state index is 12.6. The number of imidazole rings is 1. The Bertz CT molecular complexity index is 789. The van der Waals surface area contributed by atoms with Crippen molar-refractivity contribution in [2.45, 2.75) is 59.8 Å². The van der Waals surface area contributed by atoms with Gasteiger partial charge in [-0.1, -0.05) is 13.8 Å². The van der Waals surface area contributed by atoms with E-state index in [9.17, 15) is 9.59 Å². The number of hydrogen-bond acceptors (Lipinski definition) is 4. The van der Waals surface area contributed by atoms with Crippen molar-refractivity contribution in [3.8, 4) is 0 Å². The van der Waals surface area contributed by atoms with Crippen molar-refractivity contribution in [3.05, 3.63) is 27.2 Å². The molecule has 0 saturated carbocycles. The van der Waals surface area contributed by atoms with Crippen LogP contribution in [-0.4, -0.2) is 24.2 Å². The fraction of sp³-hybridized carbons (Fsp3) is 0.667. The molecule has 2 heterocycles. The summed E-state index contributed by atoms with van der Waals surface area (Å²) in [5.41, 5.74) is 5.87. The van der Waals surface area contributed by atoms with Crippen LogP contribution in [0.2, 0.25) is 0 Å². The highest BCUT2D eigenvalue weighted by Gasteiger charge is 2.20. The zero-order chi connectivity index (χ0) is 16.7. The Morgan fingerprint density at radius 1 is 1.27 bits per heavy atom. The van der Waals surface area contributed by atoms with E-state index < -0.39 is 5.54 Å². The molecule has 0 saturated heterocycles. The predicted octanol–water partition coefficient (Wildman–Crippen LogP) is 0.773. The summed E-state index contributed by atoms with van der Waals surface area (Å²) in [4.78, 5) is 29.5. The summed E-state index contributed by atoms with van der Waals surface area (Å²) in [7, 11) is 0. The minimum Gasteiger partial charge on any atom is -0.324 e. The van der Waals surface area contributed by atoms with Crippen LogP contribution in [0.5, 0.6) is 0 Å². The van der Waals surface area contributed by atoms with E-state index in [1.165, 1.54) is 4.57 Å². The number of hydrogen-bond donors (Lipinski definition) is 1. The first-order valence-electron chi connectivity index (χ1n) is 7.63. The van der Waals surface area contributed by atoms with E-state index in [2.05, 4.69) is 4.98 Å². The van der Waals surface area contributed by atoms with Crippen molar-refractivity contribution >= 4 is 11.2 Å². The maximum absolute atomic E-state index is 12.6. The molecule has 22 heavy (non-hydrogen) atoms. The van der Waals surface area contributed by atoms with Crippen LogP contribution in [0.3, 0.4) is 0 Å². The third kappa shape index (κ3) is 2.99. The Hall–Kier alpha value is -1.89. The zero-order valence-electron chi connectivity index (χ0n) is 14.0. The number of fused-ring (bicyclic) bond motifs is 1. The van der Waals surface area contributed by atoms with Gasteiger partial charge in [-0.15, -0.1) is 0 Å². The summed E-state index contributed by atoms with van der Waals surface area (Å²) < 4.78 is 4.59. The lowest BCUT2D eigenvalue weighted by molar-refractivity contribution is 0.438. The van der Waals surface area contributed by atoms with E-state index in [0.29, 0.717) is 30.8 Å². The molecule has 0 fully saturated rings.